The molecule has 5 nitrogen and oxygen atoms in total. The summed E-state index contributed by atoms with van der Waals surface area (Å²) in [5, 5.41) is 6.93. The first-order valence-corrected chi connectivity index (χ1v) is 6.08. The van der Waals surface area contributed by atoms with Gasteiger partial charge in [0, 0.05) is 18.0 Å². The van der Waals surface area contributed by atoms with Crippen LogP contribution in [-0.2, 0) is 0 Å². The van der Waals surface area contributed by atoms with E-state index in [0.29, 0.717) is 11.6 Å². The molecule has 3 rings (SSSR count). The van der Waals surface area contributed by atoms with Crippen molar-refractivity contribution in [3.8, 4) is 11.4 Å². The first-order chi connectivity index (χ1) is 9.74. The van der Waals surface area contributed by atoms with Crippen LogP contribution in [0.1, 0.15) is 17.4 Å². The molecule has 0 amide bonds. The second-order valence-electron chi connectivity index (χ2n) is 4.32. The van der Waals surface area contributed by atoms with Crippen LogP contribution in [0.5, 0.6) is 0 Å². The third kappa shape index (κ3) is 2.41. The Morgan fingerprint density at radius 3 is 2.65 bits per heavy atom. The highest BCUT2D eigenvalue weighted by molar-refractivity contribution is 5.52. The molecule has 0 saturated carbocycles. The van der Waals surface area contributed by atoms with Gasteiger partial charge in [0.2, 0.25) is 0 Å². The van der Waals surface area contributed by atoms with E-state index in [1.165, 1.54) is 12.1 Å². The highest BCUT2D eigenvalue weighted by Crippen LogP contribution is 2.19. The molecule has 3 N–H and O–H groups in total. The fourth-order valence-corrected chi connectivity index (χ4v) is 1.87. The van der Waals surface area contributed by atoms with Gasteiger partial charge >= 0.3 is 0 Å². The van der Waals surface area contributed by atoms with Gasteiger partial charge in [-0.2, -0.15) is 5.10 Å². The van der Waals surface area contributed by atoms with Crippen LogP contribution >= 0.6 is 0 Å². The monoisotopic (exact) mass is 269 g/mol. The van der Waals surface area contributed by atoms with Gasteiger partial charge in [-0.15, -0.1) is 0 Å². The number of halogens is 1. The van der Waals surface area contributed by atoms with Crippen LogP contribution in [0, 0.1) is 5.82 Å². The topological polar surface area (TPSA) is 80.5 Å². The summed E-state index contributed by atoms with van der Waals surface area (Å²) >= 11 is 0. The minimum atomic E-state index is -0.478. The van der Waals surface area contributed by atoms with Gasteiger partial charge in [-0.3, -0.25) is 10.1 Å². The number of aromatic amines is 1. The molecule has 0 radical (unpaired) electrons. The van der Waals surface area contributed by atoms with Crippen LogP contribution in [-0.4, -0.2) is 20.2 Å². The molecule has 20 heavy (non-hydrogen) atoms. The van der Waals surface area contributed by atoms with Crippen molar-refractivity contribution in [3.05, 3.63) is 66.0 Å². The molecule has 6 heteroatoms. The Morgan fingerprint density at radius 2 is 1.95 bits per heavy atom. The number of rotatable bonds is 3. The van der Waals surface area contributed by atoms with Crippen LogP contribution in [0.25, 0.3) is 11.4 Å². The van der Waals surface area contributed by atoms with Crippen molar-refractivity contribution < 1.29 is 4.39 Å². The van der Waals surface area contributed by atoms with Gasteiger partial charge in [-0.25, -0.2) is 9.37 Å². The van der Waals surface area contributed by atoms with Gasteiger partial charge < -0.3 is 5.73 Å². The average Bonchev–Trinajstić information content (AvgIpc) is 2.98. The molecule has 100 valence electrons. The van der Waals surface area contributed by atoms with E-state index >= 15 is 0 Å². The van der Waals surface area contributed by atoms with E-state index in [1.54, 1.807) is 24.5 Å². The summed E-state index contributed by atoms with van der Waals surface area (Å²) in [7, 11) is 0. The Kier molecular flexibility index (Phi) is 3.22. The zero-order valence-corrected chi connectivity index (χ0v) is 10.5. The smallest absolute Gasteiger partial charge is 0.182 e. The molecule has 0 aliphatic heterocycles. The highest BCUT2D eigenvalue weighted by atomic mass is 19.1. The van der Waals surface area contributed by atoms with Gasteiger partial charge in [-0.1, -0.05) is 12.1 Å². The number of hydrogen-bond acceptors (Lipinski definition) is 4. The number of benzene rings is 1. The summed E-state index contributed by atoms with van der Waals surface area (Å²) in [6, 6.07) is 9.20. The largest absolute Gasteiger partial charge is 0.318 e. The van der Waals surface area contributed by atoms with Crippen LogP contribution < -0.4 is 5.73 Å². The van der Waals surface area contributed by atoms with Gasteiger partial charge in [-0.05, 0) is 29.8 Å². The lowest BCUT2D eigenvalue weighted by Gasteiger charge is -2.07. The Morgan fingerprint density at radius 1 is 1.15 bits per heavy atom. The minimum absolute atomic E-state index is 0.297. The molecule has 1 atom stereocenters. The Labute approximate surface area is 114 Å². The molecule has 0 saturated heterocycles. The molecule has 3 aromatic rings. The zero-order valence-electron chi connectivity index (χ0n) is 10.5. The van der Waals surface area contributed by atoms with Crippen LogP contribution in [0.3, 0.4) is 0 Å². The lowest BCUT2D eigenvalue weighted by molar-refractivity contribution is 0.626. The molecule has 2 heterocycles. The number of nitrogens with two attached hydrogens (primary N) is 1. The third-order valence-corrected chi connectivity index (χ3v) is 2.95. The lowest BCUT2D eigenvalue weighted by Crippen LogP contribution is -2.13. The first kappa shape index (κ1) is 12.4. The Bertz CT molecular complexity index is 693. The van der Waals surface area contributed by atoms with E-state index in [0.717, 1.165) is 11.1 Å². The first-order valence-electron chi connectivity index (χ1n) is 6.08. The molecular weight excluding hydrogens is 257 g/mol. The standard InChI is InChI=1S/C14H12FN5/c15-11-5-3-9(4-6-11)12(16)14-18-13(19-20-14)10-2-1-7-17-8-10/h1-8,12H,16H2,(H,18,19,20)/t12-/m1/s1. The van der Waals surface area contributed by atoms with Gasteiger partial charge in [0.1, 0.15) is 11.6 Å². The van der Waals surface area contributed by atoms with Gasteiger partial charge in [0.25, 0.3) is 0 Å². The molecule has 0 aliphatic rings. The molecule has 0 fully saturated rings. The number of aromatic nitrogens is 4. The normalized spacial score (nSPS) is 12.3. The van der Waals surface area contributed by atoms with E-state index < -0.39 is 6.04 Å². The third-order valence-electron chi connectivity index (χ3n) is 2.95. The molecule has 1 aromatic carbocycles. The molecule has 0 spiro atoms. The number of H-pyrrole nitrogens is 1. The number of nitrogens with one attached hydrogen (secondary N) is 1. The predicted octanol–water partition coefficient (Wildman–Crippen LogP) is 2.05. The van der Waals surface area contributed by atoms with Crippen molar-refractivity contribution in [2.24, 2.45) is 5.73 Å². The molecular formula is C14H12FN5. The average molecular weight is 269 g/mol. The van der Waals surface area contributed by atoms with Crippen LogP contribution in [0.15, 0.2) is 48.8 Å². The summed E-state index contributed by atoms with van der Waals surface area (Å²) in [5.74, 6) is 0.760. The van der Waals surface area contributed by atoms with Crippen molar-refractivity contribution in [1.29, 1.82) is 0 Å². The van der Waals surface area contributed by atoms with Crippen molar-refractivity contribution in [1.82, 2.24) is 20.2 Å². The Balaban J connectivity index is 1.88. The maximum atomic E-state index is 12.9. The summed E-state index contributed by atoms with van der Waals surface area (Å²) in [6.07, 6.45) is 3.36. The number of nitrogens with zero attached hydrogens (tertiary/aromatic N) is 3. The molecule has 0 bridgehead atoms. The van der Waals surface area contributed by atoms with Crippen molar-refractivity contribution in [2.75, 3.05) is 0 Å². The predicted molar refractivity (Wildman–Crippen MR) is 72.0 cm³/mol. The fraction of sp³-hybridized carbons (Fsp3) is 0.0714. The SMILES string of the molecule is N[C@H](c1ccc(F)cc1)c1nc(-c2cccnc2)n[nH]1. The molecule has 2 aromatic heterocycles. The number of hydrogen-bond donors (Lipinski definition) is 2. The summed E-state index contributed by atoms with van der Waals surface area (Å²) in [4.78, 5) is 8.37. The molecule has 0 aliphatic carbocycles. The maximum Gasteiger partial charge on any atom is 0.182 e. The number of pyridine rings is 1. The lowest BCUT2D eigenvalue weighted by atomic mass is 10.1. The van der Waals surface area contributed by atoms with Crippen LogP contribution in [0.4, 0.5) is 4.39 Å². The van der Waals surface area contributed by atoms with Gasteiger partial charge in [0.15, 0.2) is 5.82 Å². The summed E-state index contributed by atoms with van der Waals surface area (Å²) < 4.78 is 12.9. The summed E-state index contributed by atoms with van der Waals surface area (Å²) in [5.41, 5.74) is 7.66. The van der Waals surface area contributed by atoms with Crippen molar-refractivity contribution in [2.45, 2.75) is 6.04 Å². The molecule has 0 unspecified atom stereocenters. The van der Waals surface area contributed by atoms with E-state index in [4.69, 9.17) is 5.73 Å². The second kappa shape index (κ2) is 5.18. The van der Waals surface area contributed by atoms with Crippen molar-refractivity contribution in [3.63, 3.8) is 0 Å². The van der Waals surface area contributed by atoms with Crippen molar-refractivity contribution >= 4 is 0 Å². The Hall–Kier alpha value is -2.60. The zero-order chi connectivity index (χ0) is 13.9. The second-order valence-corrected chi connectivity index (χ2v) is 4.32. The minimum Gasteiger partial charge on any atom is -0.318 e. The van der Waals surface area contributed by atoms with E-state index in [1.807, 2.05) is 12.1 Å². The van der Waals surface area contributed by atoms with E-state index in [9.17, 15) is 4.39 Å². The quantitative estimate of drug-likeness (QED) is 0.762. The van der Waals surface area contributed by atoms with Gasteiger partial charge in [0.05, 0.1) is 6.04 Å². The maximum absolute atomic E-state index is 12.9. The van der Waals surface area contributed by atoms with E-state index in [-0.39, 0.29) is 5.82 Å². The highest BCUT2D eigenvalue weighted by Gasteiger charge is 2.14. The fourth-order valence-electron chi connectivity index (χ4n) is 1.87. The van der Waals surface area contributed by atoms with Crippen LogP contribution in [0.2, 0.25) is 0 Å². The summed E-state index contributed by atoms with van der Waals surface area (Å²) in [6.45, 7) is 0. The van der Waals surface area contributed by atoms with E-state index in [2.05, 4.69) is 20.2 Å².